The van der Waals surface area contributed by atoms with E-state index in [0.717, 1.165) is 41.0 Å². The number of methoxy groups -OCH3 is 1. The predicted octanol–water partition coefficient (Wildman–Crippen LogP) is 6.37. The van der Waals surface area contributed by atoms with Crippen LogP contribution in [0.2, 0.25) is 0 Å². The van der Waals surface area contributed by atoms with E-state index < -0.39 is 7.82 Å². The number of phosphoric ester groups is 1. The molecule has 0 spiro atoms. The van der Waals surface area contributed by atoms with Gasteiger partial charge in [0.05, 0.1) is 18.6 Å². The third kappa shape index (κ3) is 5.21. The zero-order valence-electron chi connectivity index (χ0n) is 16.1. The molecule has 1 atom stereocenters. The fourth-order valence-electron chi connectivity index (χ4n) is 2.93. The molecule has 1 N–H and O–H groups in total. The van der Waals surface area contributed by atoms with Crippen molar-refractivity contribution in [2.75, 3.05) is 13.7 Å². The molecular weight excluding hydrogens is 395 g/mol. The van der Waals surface area contributed by atoms with E-state index in [-0.39, 0.29) is 6.61 Å². The van der Waals surface area contributed by atoms with Gasteiger partial charge >= 0.3 is 7.82 Å². The summed E-state index contributed by atoms with van der Waals surface area (Å²) in [6, 6.07) is 13.4. The summed E-state index contributed by atoms with van der Waals surface area (Å²) in [6.07, 6.45) is 5.63. The molecule has 2 aromatic carbocycles. The third-order valence-electron chi connectivity index (χ3n) is 4.35. The van der Waals surface area contributed by atoms with Gasteiger partial charge in [0.15, 0.2) is 0 Å². The zero-order valence-corrected chi connectivity index (χ0v) is 17.8. The molecule has 0 saturated carbocycles. The first-order valence-corrected chi connectivity index (χ1v) is 11.7. The molecule has 0 amide bonds. The fourth-order valence-corrected chi connectivity index (χ4v) is 4.89. The molecule has 1 heterocycles. The largest absolute Gasteiger partial charge is 0.527 e. The molecule has 5 nitrogen and oxygen atoms in total. The van der Waals surface area contributed by atoms with E-state index in [0.29, 0.717) is 17.1 Å². The van der Waals surface area contributed by atoms with Crippen molar-refractivity contribution < 1.29 is 23.2 Å². The second-order valence-corrected chi connectivity index (χ2v) is 8.87. The van der Waals surface area contributed by atoms with Crippen LogP contribution in [0.3, 0.4) is 0 Å². The van der Waals surface area contributed by atoms with Gasteiger partial charge in [-0.25, -0.2) is 4.57 Å². The molecule has 7 heteroatoms. The zero-order chi connectivity index (χ0) is 20.0. The minimum Gasteiger partial charge on any atom is -0.496 e. The molecule has 0 fully saturated rings. The predicted molar refractivity (Wildman–Crippen MR) is 112 cm³/mol. The van der Waals surface area contributed by atoms with Gasteiger partial charge in [-0.1, -0.05) is 62.2 Å². The summed E-state index contributed by atoms with van der Waals surface area (Å²) >= 11 is 1.54. The summed E-state index contributed by atoms with van der Waals surface area (Å²) in [5.74, 6) is 0.979. The molecule has 150 valence electrons. The highest BCUT2D eigenvalue weighted by atomic mass is 32.2. The van der Waals surface area contributed by atoms with Crippen LogP contribution in [0.25, 0.3) is 11.8 Å². The third-order valence-corrected chi connectivity index (χ3v) is 6.50. The van der Waals surface area contributed by atoms with E-state index >= 15 is 0 Å². The Morgan fingerprint density at radius 2 is 1.89 bits per heavy atom. The molecule has 0 radical (unpaired) electrons. The van der Waals surface area contributed by atoms with Gasteiger partial charge in [0.25, 0.3) is 0 Å². The van der Waals surface area contributed by atoms with Crippen LogP contribution >= 0.6 is 19.6 Å². The van der Waals surface area contributed by atoms with E-state index in [2.05, 4.69) is 6.92 Å². The van der Waals surface area contributed by atoms with Gasteiger partial charge < -0.3 is 9.26 Å². The second kappa shape index (κ2) is 9.66. The number of benzene rings is 2. The summed E-state index contributed by atoms with van der Waals surface area (Å²) in [5, 5.41) is 0. The highest BCUT2D eigenvalue weighted by molar-refractivity contribution is 7.99. The molecule has 1 aliphatic heterocycles. The quantitative estimate of drug-likeness (QED) is 0.375. The van der Waals surface area contributed by atoms with Crippen molar-refractivity contribution >= 4 is 31.4 Å². The summed E-state index contributed by atoms with van der Waals surface area (Å²) in [5.41, 5.74) is 1.60. The molecule has 28 heavy (non-hydrogen) atoms. The molecule has 2 aromatic rings. The van der Waals surface area contributed by atoms with Crippen LogP contribution in [0.5, 0.6) is 5.75 Å². The minimum absolute atomic E-state index is 0.192. The normalized spacial score (nSPS) is 14.9. The van der Waals surface area contributed by atoms with Crippen molar-refractivity contribution in [1.82, 2.24) is 0 Å². The average molecular weight is 420 g/mol. The smallest absolute Gasteiger partial charge is 0.496 e. The minimum atomic E-state index is -4.24. The van der Waals surface area contributed by atoms with E-state index in [1.807, 2.05) is 42.5 Å². The molecule has 0 aliphatic carbocycles. The molecule has 1 aliphatic rings. The van der Waals surface area contributed by atoms with Gasteiger partial charge in [0, 0.05) is 10.5 Å². The Bertz CT molecular complexity index is 896. The highest BCUT2D eigenvalue weighted by Gasteiger charge is 2.28. The van der Waals surface area contributed by atoms with Crippen molar-refractivity contribution in [3.8, 4) is 5.75 Å². The first kappa shape index (κ1) is 21.0. The van der Waals surface area contributed by atoms with Crippen molar-refractivity contribution in [2.24, 2.45) is 0 Å². The van der Waals surface area contributed by atoms with E-state index in [9.17, 15) is 9.46 Å². The molecule has 3 rings (SSSR count). The molecule has 1 unspecified atom stereocenters. The Kier molecular flexibility index (Phi) is 7.24. The molecule has 0 bridgehead atoms. The van der Waals surface area contributed by atoms with Crippen LogP contribution in [0, 0.1) is 0 Å². The summed E-state index contributed by atoms with van der Waals surface area (Å²) in [4.78, 5) is 12.1. The van der Waals surface area contributed by atoms with E-state index in [4.69, 9.17) is 13.8 Å². The van der Waals surface area contributed by atoms with Gasteiger partial charge in [-0.3, -0.25) is 9.42 Å². The van der Waals surface area contributed by atoms with Gasteiger partial charge in [0.1, 0.15) is 11.5 Å². The Labute approximate surface area is 170 Å². The van der Waals surface area contributed by atoms with Crippen LogP contribution < -0.4 is 4.74 Å². The number of unbranched alkanes of at least 4 members (excludes halogenated alkanes) is 3. The van der Waals surface area contributed by atoms with Crippen molar-refractivity contribution in [3.63, 3.8) is 0 Å². The number of hydrogen-bond donors (Lipinski definition) is 1. The Hall–Kier alpha value is -1.72. The van der Waals surface area contributed by atoms with E-state index in [1.54, 1.807) is 24.9 Å². The maximum absolute atomic E-state index is 12.5. The Balaban J connectivity index is 1.89. The van der Waals surface area contributed by atoms with Crippen molar-refractivity contribution in [2.45, 2.75) is 42.4 Å². The summed E-state index contributed by atoms with van der Waals surface area (Å²) < 4.78 is 28.8. The number of rotatable bonds is 9. The molecular formula is C21H25O5PS. The number of fused-ring (bicyclic) bond motifs is 2. The molecule has 0 aromatic heterocycles. The van der Waals surface area contributed by atoms with Crippen molar-refractivity contribution in [1.29, 1.82) is 0 Å². The monoisotopic (exact) mass is 420 g/mol. The molecule has 0 saturated heterocycles. The van der Waals surface area contributed by atoms with Crippen LogP contribution in [0.1, 0.15) is 43.7 Å². The maximum Gasteiger partial charge on any atom is 0.527 e. The van der Waals surface area contributed by atoms with Crippen LogP contribution in [0.15, 0.2) is 52.3 Å². The van der Waals surface area contributed by atoms with Gasteiger partial charge in [-0.15, -0.1) is 0 Å². The standard InChI is InChI=1S/C21H25O5PS/c1-3-4-5-8-14-25-27(22,23)26-19-15-16-10-6-7-13-20(16)28-21-17(19)11-9-12-18(21)24-2/h6-7,9-13,15H,3-5,8,14H2,1-2H3,(H,22,23). The summed E-state index contributed by atoms with van der Waals surface area (Å²) in [7, 11) is -2.63. The van der Waals surface area contributed by atoms with Crippen LogP contribution in [-0.2, 0) is 13.6 Å². The van der Waals surface area contributed by atoms with Gasteiger partial charge in [0.2, 0.25) is 0 Å². The van der Waals surface area contributed by atoms with Crippen molar-refractivity contribution in [3.05, 3.63) is 53.6 Å². The highest BCUT2D eigenvalue weighted by Crippen LogP contribution is 2.52. The lowest BCUT2D eigenvalue weighted by Crippen LogP contribution is -1.99. The average Bonchev–Trinajstić information content (AvgIpc) is 2.83. The lowest BCUT2D eigenvalue weighted by molar-refractivity contribution is 0.191. The lowest BCUT2D eigenvalue weighted by Gasteiger charge is -2.17. The fraction of sp³-hybridized carbons (Fsp3) is 0.333. The van der Waals surface area contributed by atoms with E-state index in [1.165, 1.54) is 0 Å². The Morgan fingerprint density at radius 1 is 1.07 bits per heavy atom. The van der Waals surface area contributed by atoms with Crippen LogP contribution in [-0.4, -0.2) is 18.6 Å². The summed E-state index contributed by atoms with van der Waals surface area (Å²) in [6.45, 7) is 2.30. The number of ether oxygens (including phenoxy) is 1. The van der Waals surface area contributed by atoms with Crippen LogP contribution in [0.4, 0.5) is 0 Å². The maximum atomic E-state index is 12.5. The number of hydrogen-bond acceptors (Lipinski definition) is 5. The van der Waals surface area contributed by atoms with Gasteiger partial charge in [-0.05, 0) is 36.3 Å². The second-order valence-electron chi connectivity index (χ2n) is 6.44. The Morgan fingerprint density at radius 3 is 2.68 bits per heavy atom. The lowest BCUT2D eigenvalue weighted by atomic mass is 10.1. The topological polar surface area (TPSA) is 65.0 Å². The SMILES string of the molecule is CCCCCCOP(=O)(O)OC1=Cc2ccccc2Sc2c(OC)cccc21. The first-order chi connectivity index (χ1) is 13.5. The first-order valence-electron chi connectivity index (χ1n) is 9.37. The van der Waals surface area contributed by atoms with Gasteiger partial charge in [-0.2, -0.15) is 0 Å². The number of phosphoric acid groups is 1.